The van der Waals surface area contributed by atoms with Crippen molar-refractivity contribution < 1.29 is 4.74 Å². The van der Waals surface area contributed by atoms with Crippen molar-refractivity contribution in [3.63, 3.8) is 0 Å². The van der Waals surface area contributed by atoms with Gasteiger partial charge in [0.25, 0.3) is 0 Å². The van der Waals surface area contributed by atoms with Gasteiger partial charge in [-0.2, -0.15) is 0 Å². The SMILES string of the molecule is CCCCC(CC)CC1(CNCC)CCOCC1. The number of hydrogen-bond donors (Lipinski definition) is 1. The summed E-state index contributed by atoms with van der Waals surface area (Å²) in [5, 5.41) is 3.59. The van der Waals surface area contributed by atoms with Gasteiger partial charge in [-0.15, -0.1) is 0 Å². The smallest absolute Gasteiger partial charge is 0.0471 e. The van der Waals surface area contributed by atoms with Crippen LogP contribution in [-0.2, 0) is 4.74 Å². The summed E-state index contributed by atoms with van der Waals surface area (Å²) >= 11 is 0. The molecule has 18 heavy (non-hydrogen) atoms. The molecule has 0 aliphatic carbocycles. The fourth-order valence-electron chi connectivity index (χ4n) is 3.20. The molecule has 1 heterocycles. The lowest BCUT2D eigenvalue weighted by atomic mass is 9.72. The van der Waals surface area contributed by atoms with E-state index < -0.39 is 0 Å². The summed E-state index contributed by atoms with van der Waals surface area (Å²) in [6, 6.07) is 0. The van der Waals surface area contributed by atoms with Crippen LogP contribution in [-0.4, -0.2) is 26.3 Å². The van der Waals surface area contributed by atoms with E-state index in [9.17, 15) is 0 Å². The van der Waals surface area contributed by atoms with Crippen molar-refractivity contribution in [3.05, 3.63) is 0 Å². The maximum absolute atomic E-state index is 5.57. The Labute approximate surface area is 114 Å². The summed E-state index contributed by atoms with van der Waals surface area (Å²) < 4.78 is 5.57. The molecule has 0 aromatic carbocycles. The number of rotatable bonds is 9. The highest BCUT2D eigenvalue weighted by atomic mass is 16.5. The monoisotopic (exact) mass is 255 g/mol. The van der Waals surface area contributed by atoms with Gasteiger partial charge in [0.1, 0.15) is 0 Å². The lowest BCUT2D eigenvalue weighted by molar-refractivity contribution is 0.00116. The predicted octanol–water partition coefficient (Wildman–Crippen LogP) is 4.00. The van der Waals surface area contributed by atoms with Crippen LogP contribution in [0.3, 0.4) is 0 Å². The number of hydrogen-bond acceptors (Lipinski definition) is 2. The van der Waals surface area contributed by atoms with Crippen LogP contribution in [0.5, 0.6) is 0 Å². The van der Waals surface area contributed by atoms with Crippen molar-refractivity contribution in [1.29, 1.82) is 0 Å². The summed E-state index contributed by atoms with van der Waals surface area (Å²) in [5.74, 6) is 0.918. The van der Waals surface area contributed by atoms with E-state index in [0.29, 0.717) is 5.41 Å². The zero-order chi connectivity index (χ0) is 13.3. The Bertz CT molecular complexity index is 199. The zero-order valence-electron chi connectivity index (χ0n) is 12.8. The summed E-state index contributed by atoms with van der Waals surface area (Å²) in [7, 11) is 0. The molecule has 2 heteroatoms. The second-order valence-electron chi connectivity index (χ2n) is 6.01. The zero-order valence-corrected chi connectivity index (χ0v) is 12.8. The fourth-order valence-corrected chi connectivity index (χ4v) is 3.20. The molecule has 0 radical (unpaired) electrons. The molecule has 0 aromatic rings. The first-order chi connectivity index (χ1) is 8.76. The summed E-state index contributed by atoms with van der Waals surface area (Å²) in [4.78, 5) is 0. The van der Waals surface area contributed by atoms with Gasteiger partial charge >= 0.3 is 0 Å². The molecular formula is C16H33NO. The normalized spacial score (nSPS) is 20.8. The molecule has 1 saturated heterocycles. The highest BCUT2D eigenvalue weighted by Gasteiger charge is 2.33. The second-order valence-corrected chi connectivity index (χ2v) is 6.01. The first kappa shape index (κ1) is 16.0. The third-order valence-corrected chi connectivity index (χ3v) is 4.57. The first-order valence-electron chi connectivity index (χ1n) is 8.04. The maximum atomic E-state index is 5.57. The van der Waals surface area contributed by atoms with E-state index >= 15 is 0 Å². The van der Waals surface area contributed by atoms with Gasteiger partial charge in [-0.1, -0.05) is 46.5 Å². The summed E-state index contributed by atoms with van der Waals surface area (Å²) in [6.07, 6.45) is 9.40. The number of nitrogens with one attached hydrogen (secondary N) is 1. The Morgan fingerprint density at radius 3 is 2.44 bits per heavy atom. The van der Waals surface area contributed by atoms with E-state index in [0.717, 1.165) is 25.7 Å². The maximum Gasteiger partial charge on any atom is 0.0471 e. The molecule has 1 aliphatic rings. The highest BCUT2D eigenvalue weighted by Crippen LogP contribution is 2.38. The van der Waals surface area contributed by atoms with Gasteiger partial charge in [0.15, 0.2) is 0 Å². The Kier molecular flexibility index (Phi) is 7.92. The summed E-state index contributed by atoms with van der Waals surface area (Å²) in [6.45, 7) is 11.1. The average molecular weight is 255 g/mol. The third-order valence-electron chi connectivity index (χ3n) is 4.57. The van der Waals surface area contributed by atoms with E-state index in [1.807, 2.05) is 0 Å². The van der Waals surface area contributed by atoms with Crippen molar-refractivity contribution in [2.75, 3.05) is 26.3 Å². The Hall–Kier alpha value is -0.0800. The topological polar surface area (TPSA) is 21.3 Å². The molecule has 1 unspecified atom stereocenters. The quantitative estimate of drug-likeness (QED) is 0.672. The number of unbranched alkanes of at least 4 members (excludes halogenated alkanes) is 1. The molecule has 1 aliphatic heterocycles. The third kappa shape index (κ3) is 5.27. The van der Waals surface area contributed by atoms with Crippen molar-refractivity contribution in [2.24, 2.45) is 11.3 Å². The lowest BCUT2D eigenvalue weighted by Crippen LogP contribution is -2.40. The van der Waals surface area contributed by atoms with Gasteiger partial charge in [-0.25, -0.2) is 0 Å². The molecular weight excluding hydrogens is 222 g/mol. The fraction of sp³-hybridized carbons (Fsp3) is 1.00. The van der Waals surface area contributed by atoms with Crippen LogP contribution >= 0.6 is 0 Å². The molecule has 0 aromatic heterocycles. The van der Waals surface area contributed by atoms with Gasteiger partial charge in [0.05, 0.1) is 0 Å². The largest absolute Gasteiger partial charge is 0.381 e. The number of ether oxygens (including phenoxy) is 1. The molecule has 0 spiro atoms. The molecule has 1 fully saturated rings. The van der Waals surface area contributed by atoms with E-state index in [1.165, 1.54) is 51.5 Å². The molecule has 0 saturated carbocycles. The predicted molar refractivity (Wildman–Crippen MR) is 79.0 cm³/mol. The standard InChI is InChI=1S/C16H33NO/c1-4-7-8-15(5-2)13-16(14-17-6-3)9-11-18-12-10-16/h15,17H,4-14H2,1-3H3. The van der Waals surface area contributed by atoms with Crippen LogP contribution in [0.2, 0.25) is 0 Å². The molecule has 108 valence electrons. The Morgan fingerprint density at radius 1 is 1.17 bits per heavy atom. The van der Waals surface area contributed by atoms with Crippen molar-refractivity contribution >= 4 is 0 Å². The highest BCUT2D eigenvalue weighted by molar-refractivity contribution is 4.86. The lowest BCUT2D eigenvalue weighted by Gasteiger charge is -2.40. The minimum Gasteiger partial charge on any atom is -0.381 e. The Morgan fingerprint density at radius 2 is 1.89 bits per heavy atom. The first-order valence-corrected chi connectivity index (χ1v) is 8.04. The van der Waals surface area contributed by atoms with Crippen LogP contribution in [0.15, 0.2) is 0 Å². The molecule has 0 amide bonds. The van der Waals surface area contributed by atoms with Crippen LogP contribution < -0.4 is 5.32 Å². The van der Waals surface area contributed by atoms with Crippen molar-refractivity contribution in [2.45, 2.75) is 65.7 Å². The van der Waals surface area contributed by atoms with Crippen LogP contribution in [0.25, 0.3) is 0 Å². The van der Waals surface area contributed by atoms with Gasteiger partial charge < -0.3 is 10.1 Å². The summed E-state index contributed by atoms with van der Waals surface area (Å²) in [5.41, 5.74) is 0.517. The minimum atomic E-state index is 0.517. The van der Waals surface area contributed by atoms with Crippen LogP contribution in [0.4, 0.5) is 0 Å². The van der Waals surface area contributed by atoms with Gasteiger partial charge in [-0.3, -0.25) is 0 Å². The molecule has 0 bridgehead atoms. The van der Waals surface area contributed by atoms with E-state index in [-0.39, 0.29) is 0 Å². The van der Waals surface area contributed by atoms with Crippen molar-refractivity contribution in [3.8, 4) is 0 Å². The van der Waals surface area contributed by atoms with E-state index in [2.05, 4.69) is 26.1 Å². The minimum absolute atomic E-state index is 0.517. The van der Waals surface area contributed by atoms with Gasteiger partial charge in [-0.05, 0) is 37.1 Å². The molecule has 1 N–H and O–H groups in total. The average Bonchev–Trinajstić information content (AvgIpc) is 2.42. The Balaban J connectivity index is 2.52. The van der Waals surface area contributed by atoms with E-state index in [4.69, 9.17) is 4.74 Å². The van der Waals surface area contributed by atoms with Crippen molar-refractivity contribution in [1.82, 2.24) is 5.32 Å². The van der Waals surface area contributed by atoms with Gasteiger partial charge in [0, 0.05) is 19.8 Å². The second kappa shape index (κ2) is 8.92. The van der Waals surface area contributed by atoms with Crippen LogP contribution in [0, 0.1) is 11.3 Å². The molecule has 1 atom stereocenters. The van der Waals surface area contributed by atoms with Crippen LogP contribution in [0.1, 0.15) is 65.7 Å². The molecule has 1 rings (SSSR count). The van der Waals surface area contributed by atoms with E-state index in [1.54, 1.807) is 0 Å². The molecule has 2 nitrogen and oxygen atoms in total. The van der Waals surface area contributed by atoms with Gasteiger partial charge in [0.2, 0.25) is 0 Å².